The number of nitrogen functional groups attached to an aromatic ring is 1. The van der Waals surface area contributed by atoms with Gasteiger partial charge in [0.15, 0.2) is 5.69 Å². The standard InChI is InChI=1S/C12H18F3N5O/c1-20(7-8-4-2-3-5-21-8)10-6-9(12(13,14)15)17-11(18-10)19-16/h6,8H,2-5,7,16H2,1H3,(H,17,18,19). The van der Waals surface area contributed by atoms with E-state index in [4.69, 9.17) is 10.6 Å². The highest BCUT2D eigenvalue weighted by Crippen LogP contribution is 2.30. The van der Waals surface area contributed by atoms with Gasteiger partial charge in [-0.15, -0.1) is 0 Å². The van der Waals surface area contributed by atoms with Crippen molar-refractivity contribution in [3.8, 4) is 0 Å². The van der Waals surface area contributed by atoms with Crippen LogP contribution >= 0.6 is 0 Å². The first-order chi connectivity index (χ1) is 9.90. The minimum absolute atomic E-state index is 0.00216. The van der Waals surface area contributed by atoms with Gasteiger partial charge in [-0.1, -0.05) is 0 Å². The highest BCUT2D eigenvalue weighted by molar-refractivity contribution is 5.44. The van der Waals surface area contributed by atoms with Gasteiger partial charge in [0.2, 0.25) is 5.95 Å². The molecular weight excluding hydrogens is 287 g/mol. The Kier molecular flexibility index (Phi) is 4.84. The van der Waals surface area contributed by atoms with Crippen molar-refractivity contribution in [1.29, 1.82) is 0 Å². The normalized spacial score (nSPS) is 19.4. The number of halogens is 3. The fourth-order valence-electron chi connectivity index (χ4n) is 2.19. The summed E-state index contributed by atoms with van der Waals surface area (Å²) in [5.74, 6) is 5.01. The molecule has 2 heterocycles. The Morgan fingerprint density at radius 1 is 1.43 bits per heavy atom. The zero-order chi connectivity index (χ0) is 15.5. The van der Waals surface area contributed by atoms with Gasteiger partial charge in [-0.05, 0) is 19.3 Å². The van der Waals surface area contributed by atoms with Crippen LogP contribution < -0.4 is 16.2 Å². The molecule has 21 heavy (non-hydrogen) atoms. The third kappa shape index (κ3) is 4.18. The lowest BCUT2D eigenvalue weighted by Gasteiger charge is -2.28. The van der Waals surface area contributed by atoms with Crippen molar-refractivity contribution in [3.63, 3.8) is 0 Å². The molecule has 0 saturated carbocycles. The summed E-state index contributed by atoms with van der Waals surface area (Å²) in [7, 11) is 1.67. The molecule has 1 unspecified atom stereocenters. The number of hydrogen-bond acceptors (Lipinski definition) is 6. The summed E-state index contributed by atoms with van der Waals surface area (Å²) in [5.41, 5.74) is 1.03. The van der Waals surface area contributed by atoms with Gasteiger partial charge in [0, 0.05) is 26.3 Å². The molecule has 1 atom stereocenters. The van der Waals surface area contributed by atoms with E-state index in [2.05, 4.69) is 15.4 Å². The van der Waals surface area contributed by atoms with Gasteiger partial charge in [0.1, 0.15) is 5.82 Å². The third-order valence-corrected chi connectivity index (χ3v) is 3.27. The summed E-state index contributed by atoms with van der Waals surface area (Å²) in [5, 5.41) is 0. The summed E-state index contributed by atoms with van der Waals surface area (Å²) >= 11 is 0. The van der Waals surface area contributed by atoms with Gasteiger partial charge in [0.05, 0.1) is 6.10 Å². The van der Waals surface area contributed by atoms with Crippen molar-refractivity contribution < 1.29 is 17.9 Å². The van der Waals surface area contributed by atoms with Crippen molar-refractivity contribution in [2.24, 2.45) is 5.84 Å². The summed E-state index contributed by atoms with van der Waals surface area (Å²) < 4.78 is 44.0. The second-order valence-corrected chi connectivity index (χ2v) is 4.95. The van der Waals surface area contributed by atoms with Gasteiger partial charge in [-0.3, -0.25) is 5.43 Å². The molecular formula is C12H18F3N5O. The molecule has 1 aliphatic rings. The lowest BCUT2D eigenvalue weighted by atomic mass is 10.1. The first-order valence-corrected chi connectivity index (χ1v) is 6.66. The Bertz CT molecular complexity index is 476. The van der Waals surface area contributed by atoms with Gasteiger partial charge in [0.25, 0.3) is 0 Å². The second-order valence-electron chi connectivity index (χ2n) is 4.95. The number of ether oxygens (including phenoxy) is 1. The van der Waals surface area contributed by atoms with E-state index >= 15 is 0 Å². The monoisotopic (exact) mass is 305 g/mol. The maximum atomic E-state index is 12.8. The molecule has 118 valence electrons. The van der Waals surface area contributed by atoms with Crippen LogP contribution in [-0.4, -0.2) is 36.3 Å². The number of nitrogens with zero attached hydrogens (tertiary/aromatic N) is 3. The van der Waals surface area contributed by atoms with E-state index in [-0.39, 0.29) is 17.9 Å². The van der Waals surface area contributed by atoms with Gasteiger partial charge < -0.3 is 9.64 Å². The fraction of sp³-hybridized carbons (Fsp3) is 0.667. The van der Waals surface area contributed by atoms with Crippen molar-refractivity contribution in [2.75, 3.05) is 30.5 Å². The average molecular weight is 305 g/mol. The number of hydrazine groups is 1. The SMILES string of the molecule is CN(CC1CCCCO1)c1cc(C(F)(F)F)nc(NN)n1. The number of anilines is 2. The summed E-state index contributed by atoms with van der Waals surface area (Å²) in [4.78, 5) is 8.89. The van der Waals surface area contributed by atoms with Gasteiger partial charge in [-0.2, -0.15) is 18.2 Å². The molecule has 0 aromatic carbocycles. The number of nitrogens with one attached hydrogen (secondary N) is 1. The fourth-order valence-corrected chi connectivity index (χ4v) is 2.19. The van der Waals surface area contributed by atoms with Crippen LogP contribution in [0.15, 0.2) is 6.07 Å². The lowest BCUT2D eigenvalue weighted by molar-refractivity contribution is -0.141. The van der Waals surface area contributed by atoms with E-state index in [0.29, 0.717) is 13.2 Å². The Balaban J connectivity index is 2.17. The van der Waals surface area contributed by atoms with Crippen molar-refractivity contribution in [3.05, 3.63) is 11.8 Å². The van der Waals surface area contributed by atoms with E-state index < -0.39 is 11.9 Å². The summed E-state index contributed by atoms with van der Waals surface area (Å²) in [6.07, 6.45) is -1.57. The van der Waals surface area contributed by atoms with E-state index in [1.807, 2.05) is 0 Å². The second kappa shape index (κ2) is 6.44. The van der Waals surface area contributed by atoms with Crippen LogP contribution in [0.5, 0.6) is 0 Å². The molecule has 9 heteroatoms. The average Bonchev–Trinajstić information content (AvgIpc) is 2.46. The molecule has 2 rings (SSSR count). The van der Waals surface area contributed by atoms with Gasteiger partial charge >= 0.3 is 6.18 Å². The predicted octanol–water partition coefficient (Wildman–Crippen LogP) is 1.79. The Morgan fingerprint density at radius 2 is 2.19 bits per heavy atom. The van der Waals surface area contributed by atoms with E-state index in [0.717, 1.165) is 25.3 Å². The molecule has 0 bridgehead atoms. The number of hydrogen-bond donors (Lipinski definition) is 2. The molecule has 1 saturated heterocycles. The first-order valence-electron chi connectivity index (χ1n) is 6.66. The zero-order valence-corrected chi connectivity index (χ0v) is 11.7. The van der Waals surface area contributed by atoms with Crippen LogP contribution in [0, 0.1) is 0 Å². The van der Waals surface area contributed by atoms with Crippen LogP contribution in [0.4, 0.5) is 24.9 Å². The number of likely N-dealkylation sites (N-methyl/N-ethyl adjacent to an activating group) is 1. The van der Waals surface area contributed by atoms with Crippen molar-refractivity contribution in [1.82, 2.24) is 9.97 Å². The van der Waals surface area contributed by atoms with Crippen LogP contribution in [0.3, 0.4) is 0 Å². The third-order valence-electron chi connectivity index (χ3n) is 3.27. The number of nitrogens with two attached hydrogens (primary N) is 1. The lowest BCUT2D eigenvalue weighted by Crippen LogP contribution is -2.34. The molecule has 0 amide bonds. The Labute approximate surface area is 120 Å². The molecule has 1 aromatic heterocycles. The molecule has 1 fully saturated rings. The predicted molar refractivity (Wildman–Crippen MR) is 71.7 cm³/mol. The Morgan fingerprint density at radius 3 is 2.76 bits per heavy atom. The highest BCUT2D eigenvalue weighted by Gasteiger charge is 2.34. The van der Waals surface area contributed by atoms with E-state index in [1.54, 1.807) is 11.9 Å². The van der Waals surface area contributed by atoms with Crippen LogP contribution in [0.2, 0.25) is 0 Å². The minimum atomic E-state index is -4.55. The maximum absolute atomic E-state index is 12.8. The number of aromatic nitrogens is 2. The van der Waals surface area contributed by atoms with E-state index in [1.165, 1.54) is 0 Å². The molecule has 0 radical (unpaired) electrons. The highest BCUT2D eigenvalue weighted by atomic mass is 19.4. The molecule has 3 N–H and O–H groups in total. The largest absolute Gasteiger partial charge is 0.433 e. The molecule has 1 aromatic rings. The number of alkyl halides is 3. The summed E-state index contributed by atoms with van der Waals surface area (Å²) in [6.45, 7) is 1.16. The maximum Gasteiger partial charge on any atom is 0.433 e. The summed E-state index contributed by atoms with van der Waals surface area (Å²) in [6, 6.07) is 0.906. The smallest absolute Gasteiger partial charge is 0.376 e. The van der Waals surface area contributed by atoms with Crippen LogP contribution in [-0.2, 0) is 10.9 Å². The first kappa shape index (κ1) is 15.8. The van der Waals surface area contributed by atoms with Gasteiger partial charge in [-0.25, -0.2) is 10.8 Å². The minimum Gasteiger partial charge on any atom is -0.376 e. The molecule has 6 nitrogen and oxygen atoms in total. The Hall–Kier alpha value is -1.61. The van der Waals surface area contributed by atoms with Crippen LogP contribution in [0.25, 0.3) is 0 Å². The molecule has 0 spiro atoms. The molecule has 0 aliphatic carbocycles. The topological polar surface area (TPSA) is 76.3 Å². The van der Waals surface area contributed by atoms with Crippen molar-refractivity contribution >= 4 is 11.8 Å². The van der Waals surface area contributed by atoms with Crippen molar-refractivity contribution in [2.45, 2.75) is 31.5 Å². The number of rotatable bonds is 4. The molecule has 1 aliphatic heterocycles. The zero-order valence-electron chi connectivity index (χ0n) is 11.7. The van der Waals surface area contributed by atoms with E-state index in [9.17, 15) is 13.2 Å². The quantitative estimate of drug-likeness (QED) is 0.652. The van der Waals surface area contributed by atoms with Crippen LogP contribution in [0.1, 0.15) is 25.0 Å².